The molecule has 0 radical (unpaired) electrons. The molecule has 8 heteroatoms. The fourth-order valence-electron chi connectivity index (χ4n) is 2.84. The summed E-state index contributed by atoms with van der Waals surface area (Å²) in [4.78, 5) is 19.8. The van der Waals surface area contributed by atoms with Gasteiger partial charge >= 0.3 is 0 Å². The molecule has 0 bridgehead atoms. The maximum absolute atomic E-state index is 12.7. The number of aliphatic hydroxyl groups excluding tert-OH is 1. The summed E-state index contributed by atoms with van der Waals surface area (Å²) in [5.41, 5.74) is 1.42. The van der Waals surface area contributed by atoms with Crippen molar-refractivity contribution >= 4 is 17.2 Å². The molecule has 1 N–H and O–H groups in total. The average Bonchev–Trinajstić information content (AvgIpc) is 3.20. The molecule has 124 valence electrons. The Balaban J connectivity index is 1.64. The summed E-state index contributed by atoms with van der Waals surface area (Å²) in [5, 5.41) is 18.1. The third-order valence-corrected chi connectivity index (χ3v) is 5.47. The highest BCUT2D eigenvalue weighted by atomic mass is 32.1. The highest BCUT2D eigenvalue weighted by Crippen LogP contribution is 2.26. The zero-order chi connectivity index (χ0) is 16.4. The Kier molecular flexibility index (Phi) is 4.72. The topological polar surface area (TPSA) is 84.1 Å². The van der Waals surface area contributed by atoms with Gasteiger partial charge in [0.1, 0.15) is 10.6 Å². The van der Waals surface area contributed by atoms with Crippen molar-refractivity contribution in [2.75, 3.05) is 13.1 Å². The number of hydrogen-bond donors (Lipinski definition) is 1. The van der Waals surface area contributed by atoms with Gasteiger partial charge in [0.2, 0.25) is 0 Å². The molecule has 1 aliphatic rings. The van der Waals surface area contributed by atoms with Crippen LogP contribution in [0.25, 0.3) is 0 Å². The van der Waals surface area contributed by atoms with Crippen molar-refractivity contribution < 1.29 is 9.90 Å². The molecule has 7 nitrogen and oxygen atoms in total. The smallest absolute Gasteiger partial charge is 0.265 e. The molecule has 1 aliphatic heterocycles. The Hall–Kier alpha value is -1.80. The molecule has 0 unspecified atom stereocenters. The molecule has 0 atom stereocenters. The first-order valence-electron chi connectivity index (χ1n) is 7.89. The van der Waals surface area contributed by atoms with Gasteiger partial charge in [-0.3, -0.25) is 4.79 Å². The largest absolute Gasteiger partial charge is 0.390 e. The first kappa shape index (κ1) is 16.1. The number of aliphatic hydroxyl groups is 1. The molecule has 0 saturated carbocycles. The third-order valence-electron chi connectivity index (χ3n) is 4.18. The number of carbonyl (C=O) groups is 1. The minimum atomic E-state index is -0.0955. The van der Waals surface area contributed by atoms with Gasteiger partial charge in [0.15, 0.2) is 0 Å². The Labute approximate surface area is 139 Å². The highest BCUT2D eigenvalue weighted by molar-refractivity contribution is 7.13. The predicted octanol–water partition coefficient (Wildman–Crippen LogP) is 1.58. The van der Waals surface area contributed by atoms with Crippen molar-refractivity contribution in [3.63, 3.8) is 0 Å². The first-order chi connectivity index (χ1) is 11.1. The van der Waals surface area contributed by atoms with Gasteiger partial charge in [0.25, 0.3) is 5.91 Å². The van der Waals surface area contributed by atoms with Crippen LogP contribution in [-0.4, -0.2) is 49.0 Å². The van der Waals surface area contributed by atoms with Crippen LogP contribution in [0.5, 0.6) is 0 Å². The van der Waals surface area contributed by atoms with Gasteiger partial charge in [0.05, 0.1) is 29.5 Å². The van der Waals surface area contributed by atoms with Crippen LogP contribution >= 0.6 is 11.3 Å². The number of aryl methyl sites for hydroxylation is 2. The molecule has 3 rings (SSSR count). The van der Waals surface area contributed by atoms with E-state index in [1.165, 1.54) is 11.3 Å². The molecule has 0 aromatic carbocycles. The number of aromatic nitrogens is 4. The summed E-state index contributed by atoms with van der Waals surface area (Å²) in [6.07, 6.45) is 4.33. The van der Waals surface area contributed by atoms with E-state index >= 15 is 0 Å². The third kappa shape index (κ3) is 3.28. The fraction of sp³-hybridized carbons (Fsp3) is 0.600. The zero-order valence-electron chi connectivity index (χ0n) is 13.4. The molecule has 0 spiro atoms. The number of hydrogen-bond acceptors (Lipinski definition) is 6. The van der Waals surface area contributed by atoms with Crippen molar-refractivity contribution in [3.05, 3.63) is 27.5 Å². The molecule has 1 saturated heterocycles. The molecule has 1 fully saturated rings. The van der Waals surface area contributed by atoms with Crippen molar-refractivity contribution in [1.29, 1.82) is 0 Å². The van der Waals surface area contributed by atoms with E-state index in [2.05, 4.69) is 22.2 Å². The summed E-state index contributed by atoms with van der Waals surface area (Å²) >= 11 is 1.51. The summed E-state index contributed by atoms with van der Waals surface area (Å²) in [5.74, 6) is 0.0905. The van der Waals surface area contributed by atoms with Crippen LogP contribution in [0.15, 0.2) is 6.20 Å². The zero-order valence-corrected chi connectivity index (χ0v) is 14.2. The molecule has 0 aliphatic carbocycles. The van der Waals surface area contributed by atoms with Crippen LogP contribution in [0.3, 0.4) is 0 Å². The van der Waals surface area contributed by atoms with E-state index < -0.39 is 0 Å². The Morgan fingerprint density at radius 3 is 2.74 bits per heavy atom. The molecule has 2 aromatic heterocycles. The lowest BCUT2D eigenvalue weighted by atomic mass is 10.1. The van der Waals surface area contributed by atoms with Crippen LogP contribution in [0.2, 0.25) is 0 Å². The average molecular weight is 335 g/mol. The number of thiazole rings is 1. The van der Waals surface area contributed by atoms with Gasteiger partial charge in [-0.2, -0.15) is 0 Å². The lowest BCUT2D eigenvalue weighted by Crippen LogP contribution is -2.39. The summed E-state index contributed by atoms with van der Waals surface area (Å²) in [7, 11) is 0. The normalized spacial score (nSPS) is 16.0. The second kappa shape index (κ2) is 6.76. The van der Waals surface area contributed by atoms with Crippen molar-refractivity contribution in [2.24, 2.45) is 0 Å². The molecule has 2 aromatic rings. The standard InChI is InChI=1S/C15H21N5O2S/c1-3-13-16-10(2)14(23-13)15(22)19-6-4-12(5-7-19)20-8-11(9-21)17-18-20/h8,12,21H,3-7,9H2,1-2H3. The Morgan fingerprint density at radius 2 is 2.17 bits per heavy atom. The number of amides is 1. The minimum absolute atomic E-state index is 0.0905. The lowest BCUT2D eigenvalue weighted by molar-refractivity contribution is 0.0693. The molecular weight excluding hydrogens is 314 g/mol. The highest BCUT2D eigenvalue weighted by Gasteiger charge is 2.27. The van der Waals surface area contributed by atoms with E-state index in [1.807, 2.05) is 11.8 Å². The molecule has 23 heavy (non-hydrogen) atoms. The Bertz CT molecular complexity index is 688. The van der Waals surface area contributed by atoms with Crippen molar-refractivity contribution in [3.8, 4) is 0 Å². The van der Waals surface area contributed by atoms with Gasteiger partial charge in [-0.1, -0.05) is 12.1 Å². The van der Waals surface area contributed by atoms with E-state index in [0.29, 0.717) is 18.8 Å². The van der Waals surface area contributed by atoms with Crippen LogP contribution in [0.4, 0.5) is 0 Å². The molecule has 3 heterocycles. The number of carbonyl (C=O) groups excluding carboxylic acids is 1. The summed E-state index contributed by atoms with van der Waals surface area (Å²) in [6.45, 7) is 5.27. The Morgan fingerprint density at radius 1 is 1.43 bits per heavy atom. The quantitative estimate of drug-likeness (QED) is 0.917. The maximum Gasteiger partial charge on any atom is 0.265 e. The number of rotatable bonds is 4. The maximum atomic E-state index is 12.7. The van der Waals surface area contributed by atoms with Gasteiger partial charge in [-0.15, -0.1) is 16.4 Å². The summed E-state index contributed by atoms with van der Waals surface area (Å²) < 4.78 is 1.81. The SMILES string of the molecule is CCc1nc(C)c(C(=O)N2CCC(n3cc(CO)nn3)CC2)s1. The van der Waals surface area contributed by atoms with Gasteiger partial charge in [0, 0.05) is 13.1 Å². The van der Waals surface area contributed by atoms with Crippen molar-refractivity contribution in [1.82, 2.24) is 24.9 Å². The molecule has 1 amide bonds. The van der Waals surface area contributed by atoms with Crippen LogP contribution in [0, 0.1) is 6.92 Å². The van der Waals surface area contributed by atoms with Crippen LogP contribution in [0.1, 0.15) is 51.9 Å². The second-order valence-electron chi connectivity index (χ2n) is 5.75. The van der Waals surface area contributed by atoms with E-state index in [1.54, 1.807) is 10.9 Å². The van der Waals surface area contributed by atoms with Crippen LogP contribution < -0.4 is 0 Å². The van der Waals surface area contributed by atoms with E-state index in [9.17, 15) is 4.79 Å². The van der Waals surface area contributed by atoms with E-state index in [-0.39, 0.29) is 18.6 Å². The number of piperidine rings is 1. The monoisotopic (exact) mass is 335 g/mol. The van der Waals surface area contributed by atoms with E-state index in [0.717, 1.165) is 34.8 Å². The lowest BCUT2D eigenvalue weighted by Gasteiger charge is -2.31. The van der Waals surface area contributed by atoms with Gasteiger partial charge < -0.3 is 10.0 Å². The fourth-order valence-corrected chi connectivity index (χ4v) is 3.82. The number of nitrogens with zero attached hydrogens (tertiary/aromatic N) is 5. The van der Waals surface area contributed by atoms with Gasteiger partial charge in [-0.25, -0.2) is 9.67 Å². The first-order valence-corrected chi connectivity index (χ1v) is 8.71. The summed E-state index contributed by atoms with van der Waals surface area (Å²) in [6, 6.07) is 0.237. The van der Waals surface area contributed by atoms with Gasteiger partial charge in [-0.05, 0) is 26.2 Å². The second-order valence-corrected chi connectivity index (χ2v) is 6.83. The van der Waals surface area contributed by atoms with Crippen LogP contribution in [-0.2, 0) is 13.0 Å². The predicted molar refractivity (Wildman–Crippen MR) is 86.3 cm³/mol. The van der Waals surface area contributed by atoms with Crippen molar-refractivity contribution in [2.45, 2.75) is 45.8 Å². The van der Waals surface area contributed by atoms with E-state index in [4.69, 9.17) is 5.11 Å². The number of likely N-dealkylation sites (tertiary alicyclic amines) is 1. The molecular formula is C15H21N5O2S. The minimum Gasteiger partial charge on any atom is -0.390 e.